The van der Waals surface area contributed by atoms with Crippen LogP contribution in [0.25, 0.3) is 0 Å². The molecular formula is C15H22N2O4. The third kappa shape index (κ3) is 8.06. The molecule has 6 heteroatoms. The van der Waals surface area contributed by atoms with Crippen LogP contribution >= 0.6 is 0 Å². The number of amides is 1. The minimum atomic E-state index is -0.951. The van der Waals surface area contributed by atoms with Crippen molar-refractivity contribution in [2.24, 2.45) is 5.73 Å². The Hall–Kier alpha value is -1.92. The van der Waals surface area contributed by atoms with Gasteiger partial charge in [0.2, 0.25) is 5.91 Å². The number of carboxylic acid groups (broad SMARTS) is 1. The van der Waals surface area contributed by atoms with Gasteiger partial charge in [-0.05, 0) is 18.4 Å². The normalized spacial score (nSPS) is 11.9. The molecular weight excluding hydrogens is 272 g/mol. The van der Waals surface area contributed by atoms with E-state index in [0.29, 0.717) is 26.2 Å². The summed E-state index contributed by atoms with van der Waals surface area (Å²) in [5, 5.41) is 11.2. The lowest BCUT2D eigenvalue weighted by Crippen LogP contribution is -2.41. The molecule has 0 aliphatic rings. The highest BCUT2D eigenvalue weighted by Crippen LogP contribution is 2.00. The minimum Gasteiger partial charge on any atom is -0.481 e. The summed E-state index contributed by atoms with van der Waals surface area (Å²) < 4.78 is 5.48. The molecule has 21 heavy (non-hydrogen) atoms. The van der Waals surface area contributed by atoms with E-state index in [1.807, 2.05) is 30.3 Å². The summed E-state index contributed by atoms with van der Waals surface area (Å²) in [6, 6.07) is 9.07. The molecule has 0 aliphatic heterocycles. The molecule has 116 valence electrons. The first-order valence-corrected chi connectivity index (χ1v) is 6.96. The summed E-state index contributed by atoms with van der Waals surface area (Å²) in [5.74, 6) is -1.27. The standard InChI is InChI=1S/C15H22N2O4/c16-13(7-8-14(18)19)15(20)17-9-4-10-21-11-12-5-2-1-3-6-12/h1-3,5-6,13H,4,7-11,16H2,(H,17,20)(H,18,19). The molecule has 1 unspecified atom stereocenters. The van der Waals surface area contributed by atoms with E-state index in [1.165, 1.54) is 0 Å². The molecule has 6 nitrogen and oxygen atoms in total. The average Bonchev–Trinajstić information content (AvgIpc) is 2.49. The SMILES string of the molecule is NC(CCC(=O)O)C(=O)NCCCOCc1ccccc1. The first kappa shape index (κ1) is 17.1. The van der Waals surface area contributed by atoms with Crippen molar-refractivity contribution in [3.8, 4) is 0 Å². The maximum Gasteiger partial charge on any atom is 0.303 e. The number of carbonyl (C=O) groups excluding carboxylic acids is 1. The quantitative estimate of drug-likeness (QED) is 0.557. The van der Waals surface area contributed by atoms with Gasteiger partial charge in [0.1, 0.15) is 0 Å². The van der Waals surface area contributed by atoms with Gasteiger partial charge in [0.25, 0.3) is 0 Å². The smallest absolute Gasteiger partial charge is 0.303 e. The summed E-state index contributed by atoms with van der Waals surface area (Å²) >= 11 is 0. The molecule has 0 heterocycles. The number of ether oxygens (including phenoxy) is 1. The van der Waals surface area contributed by atoms with E-state index in [-0.39, 0.29) is 18.7 Å². The van der Waals surface area contributed by atoms with Gasteiger partial charge in [-0.1, -0.05) is 30.3 Å². The van der Waals surface area contributed by atoms with Crippen LogP contribution in [-0.2, 0) is 20.9 Å². The Bertz CT molecular complexity index is 437. The fourth-order valence-electron chi connectivity index (χ4n) is 1.69. The summed E-state index contributed by atoms with van der Waals surface area (Å²) in [7, 11) is 0. The number of carboxylic acids is 1. The molecule has 0 bridgehead atoms. The Balaban J connectivity index is 2.03. The highest BCUT2D eigenvalue weighted by molar-refractivity contribution is 5.82. The Labute approximate surface area is 124 Å². The van der Waals surface area contributed by atoms with E-state index in [9.17, 15) is 9.59 Å². The van der Waals surface area contributed by atoms with Crippen LogP contribution in [0.1, 0.15) is 24.8 Å². The van der Waals surface area contributed by atoms with Gasteiger partial charge in [0.05, 0.1) is 12.6 Å². The molecule has 0 aliphatic carbocycles. The highest BCUT2D eigenvalue weighted by atomic mass is 16.5. The monoisotopic (exact) mass is 294 g/mol. The summed E-state index contributed by atoms with van der Waals surface area (Å²) in [5.41, 5.74) is 6.68. The van der Waals surface area contributed by atoms with Crippen molar-refractivity contribution >= 4 is 11.9 Å². The highest BCUT2D eigenvalue weighted by Gasteiger charge is 2.13. The molecule has 1 atom stereocenters. The third-order valence-corrected chi connectivity index (χ3v) is 2.88. The number of nitrogens with two attached hydrogens (primary N) is 1. The molecule has 0 saturated carbocycles. The van der Waals surface area contributed by atoms with Gasteiger partial charge < -0.3 is 20.9 Å². The number of hydrogen-bond donors (Lipinski definition) is 3. The van der Waals surface area contributed by atoms with Crippen molar-refractivity contribution in [2.45, 2.75) is 31.9 Å². The summed E-state index contributed by atoms with van der Waals surface area (Å²) in [4.78, 5) is 21.9. The fourth-order valence-corrected chi connectivity index (χ4v) is 1.69. The second kappa shape index (κ2) is 9.90. The van der Waals surface area contributed by atoms with Gasteiger partial charge in [0, 0.05) is 19.6 Å². The Morgan fingerprint density at radius 1 is 1.29 bits per heavy atom. The molecule has 0 fully saturated rings. The zero-order valence-corrected chi connectivity index (χ0v) is 12.0. The molecule has 4 N–H and O–H groups in total. The minimum absolute atomic E-state index is 0.102. The molecule has 0 aromatic heterocycles. The topological polar surface area (TPSA) is 102 Å². The van der Waals surface area contributed by atoms with Crippen LogP contribution in [0.4, 0.5) is 0 Å². The van der Waals surface area contributed by atoms with Crippen molar-refractivity contribution in [1.29, 1.82) is 0 Å². The molecule has 0 spiro atoms. The molecule has 0 radical (unpaired) electrons. The van der Waals surface area contributed by atoms with Crippen molar-refractivity contribution in [1.82, 2.24) is 5.32 Å². The van der Waals surface area contributed by atoms with Crippen LogP contribution in [0.3, 0.4) is 0 Å². The fraction of sp³-hybridized carbons (Fsp3) is 0.467. The lowest BCUT2D eigenvalue weighted by Gasteiger charge is -2.11. The van der Waals surface area contributed by atoms with E-state index in [0.717, 1.165) is 5.56 Å². The summed E-state index contributed by atoms with van der Waals surface area (Å²) in [6.45, 7) is 1.56. The van der Waals surface area contributed by atoms with Crippen LogP contribution in [0.15, 0.2) is 30.3 Å². The number of aliphatic carboxylic acids is 1. The van der Waals surface area contributed by atoms with Gasteiger partial charge in [0.15, 0.2) is 0 Å². The molecule has 1 amide bonds. The molecule has 1 rings (SSSR count). The second-order valence-corrected chi connectivity index (χ2v) is 4.72. The number of benzene rings is 1. The Morgan fingerprint density at radius 3 is 2.67 bits per heavy atom. The van der Waals surface area contributed by atoms with E-state index in [1.54, 1.807) is 0 Å². The lowest BCUT2D eigenvalue weighted by molar-refractivity contribution is -0.137. The molecule has 1 aromatic carbocycles. The van der Waals surface area contributed by atoms with Gasteiger partial charge >= 0.3 is 5.97 Å². The van der Waals surface area contributed by atoms with Crippen LogP contribution < -0.4 is 11.1 Å². The van der Waals surface area contributed by atoms with Crippen LogP contribution in [0.5, 0.6) is 0 Å². The second-order valence-electron chi connectivity index (χ2n) is 4.72. The van der Waals surface area contributed by atoms with Crippen molar-refractivity contribution in [3.05, 3.63) is 35.9 Å². The van der Waals surface area contributed by atoms with Crippen molar-refractivity contribution in [2.75, 3.05) is 13.2 Å². The number of hydrogen-bond acceptors (Lipinski definition) is 4. The maximum atomic E-state index is 11.5. The van der Waals surface area contributed by atoms with Crippen LogP contribution in [-0.4, -0.2) is 36.2 Å². The van der Waals surface area contributed by atoms with Gasteiger partial charge in [-0.3, -0.25) is 9.59 Å². The first-order chi connectivity index (χ1) is 10.1. The number of nitrogens with one attached hydrogen (secondary N) is 1. The zero-order chi connectivity index (χ0) is 15.5. The van der Waals surface area contributed by atoms with Crippen molar-refractivity contribution in [3.63, 3.8) is 0 Å². The van der Waals surface area contributed by atoms with Crippen molar-refractivity contribution < 1.29 is 19.4 Å². The molecule has 1 aromatic rings. The number of rotatable bonds is 10. The van der Waals surface area contributed by atoms with E-state index in [4.69, 9.17) is 15.6 Å². The van der Waals surface area contributed by atoms with E-state index < -0.39 is 12.0 Å². The molecule has 0 saturated heterocycles. The van der Waals surface area contributed by atoms with Gasteiger partial charge in [-0.15, -0.1) is 0 Å². The lowest BCUT2D eigenvalue weighted by atomic mass is 10.1. The van der Waals surface area contributed by atoms with Gasteiger partial charge in [-0.25, -0.2) is 0 Å². The number of carbonyl (C=O) groups is 2. The van der Waals surface area contributed by atoms with E-state index in [2.05, 4.69) is 5.32 Å². The van der Waals surface area contributed by atoms with Crippen LogP contribution in [0.2, 0.25) is 0 Å². The third-order valence-electron chi connectivity index (χ3n) is 2.88. The maximum absolute atomic E-state index is 11.5. The predicted molar refractivity (Wildman–Crippen MR) is 78.6 cm³/mol. The predicted octanol–water partition coefficient (Wildman–Crippen LogP) is 0.902. The largest absolute Gasteiger partial charge is 0.481 e. The summed E-state index contributed by atoms with van der Waals surface area (Å²) in [6.07, 6.45) is 0.727. The van der Waals surface area contributed by atoms with Gasteiger partial charge in [-0.2, -0.15) is 0 Å². The Morgan fingerprint density at radius 2 is 2.00 bits per heavy atom. The first-order valence-electron chi connectivity index (χ1n) is 6.96. The van der Waals surface area contributed by atoms with Crippen LogP contribution in [0, 0.1) is 0 Å². The Kier molecular flexibility index (Phi) is 8.08. The average molecular weight is 294 g/mol. The van der Waals surface area contributed by atoms with E-state index >= 15 is 0 Å². The zero-order valence-electron chi connectivity index (χ0n) is 12.0.